The summed E-state index contributed by atoms with van der Waals surface area (Å²) < 4.78 is 28.8. The minimum Gasteiger partial charge on any atom is -0.326 e. The lowest BCUT2D eigenvalue weighted by atomic mass is 10.2. The Morgan fingerprint density at radius 3 is 2.32 bits per heavy atom. The number of benzene rings is 3. The highest BCUT2D eigenvalue weighted by molar-refractivity contribution is 7.90. The highest BCUT2D eigenvalue weighted by Gasteiger charge is 2.26. The lowest BCUT2D eigenvalue weighted by Gasteiger charge is -2.13. The van der Waals surface area contributed by atoms with Gasteiger partial charge in [0.15, 0.2) is 0 Å². The van der Waals surface area contributed by atoms with Crippen LogP contribution in [0.3, 0.4) is 0 Å². The van der Waals surface area contributed by atoms with E-state index >= 15 is 0 Å². The maximum Gasteiger partial charge on any atom is 0.293 e. The van der Waals surface area contributed by atoms with Crippen LogP contribution in [0.15, 0.2) is 83.8 Å². The molecule has 10 nitrogen and oxygen atoms in total. The molecule has 0 saturated carbocycles. The molecule has 0 unspecified atom stereocenters. The van der Waals surface area contributed by atoms with Crippen molar-refractivity contribution in [2.45, 2.75) is 11.8 Å². The second-order valence-electron chi connectivity index (χ2n) is 7.32. The largest absolute Gasteiger partial charge is 0.326 e. The number of carbonyl (C=O) groups is 2. The molecule has 0 bridgehead atoms. The summed E-state index contributed by atoms with van der Waals surface area (Å²) >= 11 is 0. The van der Waals surface area contributed by atoms with Gasteiger partial charge in [-0.2, -0.15) is 0 Å². The summed E-state index contributed by atoms with van der Waals surface area (Å²) in [6, 6.07) is 19.4. The Bertz CT molecular complexity index is 1540. The molecule has 3 aromatic carbocycles. The Balaban J connectivity index is 1.91. The molecule has 0 radical (unpaired) electrons. The highest BCUT2D eigenvalue weighted by Crippen LogP contribution is 2.32. The van der Waals surface area contributed by atoms with Gasteiger partial charge in [-0.3, -0.25) is 24.3 Å². The van der Waals surface area contributed by atoms with Crippen molar-refractivity contribution in [2.24, 2.45) is 0 Å². The van der Waals surface area contributed by atoms with Crippen LogP contribution in [-0.4, -0.2) is 29.7 Å². The first-order valence-corrected chi connectivity index (χ1v) is 11.4. The maximum atomic E-state index is 13.2. The zero-order valence-electron chi connectivity index (χ0n) is 17.8. The van der Waals surface area contributed by atoms with Gasteiger partial charge in [-0.25, -0.2) is 13.1 Å². The molecule has 0 atom stereocenters. The quantitative estimate of drug-likeness (QED) is 0.320. The average Bonchev–Trinajstić information content (AvgIpc) is 3.19. The molecule has 0 saturated heterocycles. The van der Waals surface area contributed by atoms with Crippen LogP contribution >= 0.6 is 0 Å². The predicted molar refractivity (Wildman–Crippen MR) is 125 cm³/mol. The van der Waals surface area contributed by atoms with Gasteiger partial charge in [-0.1, -0.05) is 36.4 Å². The first kappa shape index (κ1) is 22.7. The molecule has 0 aliphatic rings. The average molecular weight is 478 g/mol. The first-order chi connectivity index (χ1) is 16.2. The van der Waals surface area contributed by atoms with Gasteiger partial charge in [0, 0.05) is 29.8 Å². The van der Waals surface area contributed by atoms with Crippen molar-refractivity contribution in [3.05, 3.63) is 94.7 Å². The van der Waals surface area contributed by atoms with Gasteiger partial charge in [-0.15, -0.1) is 0 Å². The van der Waals surface area contributed by atoms with Crippen molar-refractivity contribution in [3.63, 3.8) is 0 Å². The third-order valence-electron chi connectivity index (χ3n) is 4.94. The Kier molecular flexibility index (Phi) is 5.86. The van der Waals surface area contributed by atoms with Crippen LogP contribution in [0.5, 0.6) is 0 Å². The van der Waals surface area contributed by atoms with Crippen molar-refractivity contribution in [3.8, 4) is 5.69 Å². The fraction of sp³-hybridized carbons (Fsp3) is 0.0435. The Morgan fingerprint density at radius 1 is 0.941 bits per heavy atom. The predicted octanol–water partition coefficient (Wildman–Crippen LogP) is 3.62. The normalized spacial score (nSPS) is 11.2. The Hall–Kier alpha value is -4.51. The molecular weight excluding hydrogens is 460 g/mol. The SMILES string of the molecule is CC(=O)Nc1cccc(-n2c(C(=O)NS(=O)(=O)c3ccccc3)cc3cccc([N+](=O)[O-])c32)c1. The number of nitrogens with one attached hydrogen (secondary N) is 2. The fourth-order valence-electron chi connectivity index (χ4n) is 3.58. The lowest BCUT2D eigenvalue weighted by Crippen LogP contribution is -2.32. The maximum absolute atomic E-state index is 13.2. The number of fused-ring (bicyclic) bond motifs is 1. The summed E-state index contributed by atoms with van der Waals surface area (Å²) in [6.07, 6.45) is 0. The van der Waals surface area contributed by atoms with Crippen LogP contribution in [0.25, 0.3) is 16.6 Å². The van der Waals surface area contributed by atoms with Crippen molar-refractivity contribution in [2.75, 3.05) is 5.32 Å². The monoisotopic (exact) mass is 478 g/mol. The number of nitro benzene ring substituents is 1. The number of rotatable bonds is 6. The van der Waals surface area contributed by atoms with Crippen LogP contribution in [0.2, 0.25) is 0 Å². The number of amides is 2. The van der Waals surface area contributed by atoms with Gasteiger partial charge >= 0.3 is 0 Å². The molecular formula is C23H18N4O6S. The Morgan fingerprint density at radius 2 is 1.65 bits per heavy atom. The van der Waals surface area contributed by atoms with Gasteiger partial charge in [-0.05, 0) is 36.4 Å². The molecule has 0 fully saturated rings. The number of anilines is 1. The summed E-state index contributed by atoms with van der Waals surface area (Å²) in [4.78, 5) is 35.7. The Labute approximate surface area is 194 Å². The van der Waals surface area contributed by atoms with Gasteiger partial charge in [0.25, 0.3) is 21.6 Å². The van der Waals surface area contributed by atoms with E-state index in [-0.39, 0.29) is 27.7 Å². The molecule has 0 aliphatic heterocycles. The van der Waals surface area contributed by atoms with E-state index in [1.807, 2.05) is 4.72 Å². The number of nitro groups is 1. The molecule has 4 aromatic rings. The van der Waals surface area contributed by atoms with Crippen LogP contribution < -0.4 is 10.0 Å². The standard InChI is InChI=1S/C23H18N4O6S/c1-15(28)24-17-8-6-9-18(14-17)26-21(13-16-7-5-12-20(22(16)26)27(30)31)23(29)25-34(32,33)19-10-3-2-4-11-19/h2-14H,1H3,(H,24,28)(H,25,29). The summed E-state index contributed by atoms with van der Waals surface area (Å²) in [5.74, 6) is -1.30. The number of nitrogens with zero attached hydrogens (tertiary/aromatic N) is 2. The molecule has 11 heteroatoms. The molecule has 1 heterocycles. The van der Waals surface area contributed by atoms with Crippen LogP contribution in [-0.2, 0) is 14.8 Å². The lowest BCUT2D eigenvalue weighted by molar-refractivity contribution is -0.383. The van der Waals surface area contributed by atoms with Crippen molar-refractivity contribution in [1.82, 2.24) is 9.29 Å². The second-order valence-corrected chi connectivity index (χ2v) is 9.00. The van der Waals surface area contributed by atoms with Gasteiger partial charge in [0.2, 0.25) is 5.91 Å². The summed E-state index contributed by atoms with van der Waals surface area (Å²) in [7, 11) is -4.20. The number of hydrogen-bond acceptors (Lipinski definition) is 6. The molecule has 2 amide bonds. The van der Waals surface area contributed by atoms with E-state index < -0.39 is 20.9 Å². The summed E-state index contributed by atoms with van der Waals surface area (Å²) in [5, 5.41) is 14.7. The summed E-state index contributed by atoms with van der Waals surface area (Å²) in [5.41, 5.74) is 0.414. The number of non-ortho nitro benzene ring substituents is 1. The number of hydrogen-bond donors (Lipinski definition) is 2. The number of para-hydroxylation sites is 1. The second kappa shape index (κ2) is 8.79. The number of aromatic nitrogens is 1. The molecule has 1 aromatic heterocycles. The van der Waals surface area contributed by atoms with E-state index in [1.165, 1.54) is 60.0 Å². The fourth-order valence-corrected chi connectivity index (χ4v) is 4.56. The van der Waals surface area contributed by atoms with Gasteiger partial charge in [0.05, 0.1) is 9.82 Å². The number of carbonyl (C=O) groups excluding carboxylic acids is 2. The molecule has 34 heavy (non-hydrogen) atoms. The topological polar surface area (TPSA) is 140 Å². The summed E-state index contributed by atoms with van der Waals surface area (Å²) in [6.45, 7) is 1.33. The zero-order valence-corrected chi connectivity index (χ0v) is 18.6. The molecule has 172 valence electrons. The molecule has 0 spiro atoms. The van der Waals surface area contributed by atoms with E-state index in [1.54, 1.807) is 30.3 Å². The molecule has 2 N–H and O–H groups in total. The van der Waals surface area contributed by atoms with Crippen LogP contribution in [0, 0.1) is 10.1 Å². The first-order valence-electron chi connectivity index (χ1n) is 9.96. The van der Waals surface area contributed by atoms with E-state index in [0.717, 1.165) is 0 Å². The van der Waals surface area contributed by atoms with E-state index in [4.69, 9.17) is 0 Å². The minimum absolute atomic E-state index is 0.106. The van der Waals surface area contributed by atoms with Gasteiger partial charge < -0.3 is 5.32 Å². The zero-order chi connectivity index (χ0) is 24.5. The van der Waals surface area contributed by atoms with Crippen LogP contribution in [0.4, 0.5) is 11.4 Å². The third kappa shape index (κ3) is 4.36. The van der Waals surface area contributed by atoms with Gasteiger partial charge in [0.1, 0.15) is 11.2 Å². The molecule has 0 aliphatic carbocycles. The van der Waals surface area contributed by atoms with E-state index in [0.29, 0.717) is 16.8 Å². The van der Waals surface area contributed by atoms with E-state index in [9.17, 15) is 28.1 Å². The minimum atomic E-state index is -4.20. The molecule has 4 rings (SSSR count). The van der Waals surface area contributed by atoms with Crippen molar-refractivity contribution >= 4 is 44.1 Å². The highest BCUT2D eigenvalue weighted by atomic mass is 32.2. The third-order valence-corrected chi connectivity index (χ3v) is 6.28. The van der Waals surface area contributed by atoms with Crippen LogP contribution in [0.1, 0.15) is 17.4 Å². The van der Waals surface area contributed by atoms with Crippen molar-refractivity contribution in [1.29, 1.82) is 0 Å². The van der Waals surface area contributed by atoms with Crippen molar-refractivity contribution < 1.29 is 22.9 Å². The number of sulfonamides is 1. The smallest absolute Gasteiger partial charge is 0.293 e. The van der Waals surface area contributed by atoms with E-state index in [2.05, 4.69) is 5.32 Å².